The van der Waals surface area contributed by atoms with Gasteiger partial charge in [-0.15, -0.1) is 0 Å². The summed E-state index contributed by atoms with van der Waals surface area (Å²) in [4.78, 5) is 39.4. The van der Waals surface area contributed by atoms with Gasteiger partial charge in [-0.25, -0.2) is 9.36 Å². The molecule has 1 N–H and O–H groups in total. The predicted molar refractivity (Wildman–Crippen MR) is 127 cm³/mol. The Morgan fingerprint density at radius 1 is 0.909 bits per heavy atom. The Morgan fingerprint density at radius 2 is 1.67 bits per heavy atom. The van der Waals surface area contributed by atoms with Crippen LogP contribution in [0.2, 0.25) is 0 Å². The fraction of sp³-hybridized carbons (Fsp3) is 0.160. The number of methoxy groups -OCH3 is 2. The number of aryl methyl sites for hydroxylation is 1. The largest absolute Gasteiger partial charge is 0.493 e. The molecule has 0 atom stereocenters. The highest BCUT2D eigenvalue weighted by atomic mass is 16.5. The second kappa shape index (κ2) is 9.04. The number of fused-ring (bicyclic) bond motifs is 1. The van der Waals surface area contributed by atoms with Crippen molar-refractivity contribution in [3.05, 3.63) is 93.1 Å². The highest BCUT2D eigenvalue weighted by Crippen LogP contribution is 2.29. The second-order valence-electron chi connectivity index (χ2n) is 7.48. The van der Waals surface area contributed by atoms with E-state index in [9.17, 15) is 14.4 Å². The molecule has 8 nitrogen and oxygen atoms in total. The van der Waals surface area contributed by atoms with Gasteiger partial charge < -0.3 is 14.8 Å². The lowest BCUT2D eigenvalue weighted by molar-refractivity contribution is -0.116. The summed E-state index contributed by atoms with van der Waals surface area (Å²) in [5, 5.41) is 3.11. The minimum Gasteiger partial charge on any atom is -0.493 e. The molecule has 4 aromatic rings. The number of ether oxygens (including phenoxy) is 2. The van der Waals surface area contributed by atoms with Gasteiger partial charge in [0, 0.05) is 11.8 Å². The van der Waals surface area contributed by atoms with Crippen molar-refractivity contribution >= 4 is 22.5 Å². The maximum absolute atomic E-state index is 13.4. The molecule has 33 heavy (non-hydrogen) atoms. The molecule has 8 heteroatoms. The van der Waals surface area contributed by atoms with Crippen molar-refractivity contribution in [2.24, 2.45) is 0 Å². The third-order valence-electron chi connectivity index (χ3n) is 5.28. The fourth-order valence-corrected chi connectivity index (χ4v) is 3.73. The Balaban J connectivity index is 1.77. The van der Waals surface area contributed by atoms with Gasteiger partial charge in [0.1, 0.15) is 6.54 Å². The molecule has 4 rings (SSSR count). The molecule has 0 spiro atoms. The number of rotatable bonds is 6. The van der Waals surface area contributed by atoms with E-state index < -0.39 is 17.2 Å². The van der Waals surface area contributed by atoms with Crippen molar-refractivity contribution in [2.75, 3.05) is 19.5 Å². The average Bonchev–Trinajstić information content (AvgIpc) is 2.82. The van der Waals surface area contributed by atoms with Gasteiger partial charge in [0.25, 0.3) is 5.56 Å². The number of benzene rings is 3. The number of carbonyl (C=O) groups excluding carboxylic acids is 1. The van der Waals surface area contributed by atoms with Crippen LogP contribution >= 0.6 is 0 Å². The topological polar surface area (TPSA) is 91.6 Å². The summed E-state index contributed by atoms with van der Waals surface area (Å²) in [6, 6.07) is 18.8. The molecule has 0 saturated heterocycles. The van der Waals surface area contributed by atoms with Crippen LogP contribution in [-0.4, -0.2) is 29.3 Å². The highest BCUT2D eigenvalue weighted by molar-refractivity contribution is 5.92. The quantitative estimate of drug-likeness (QED) is 0.492. The van der Waals surface area contributed by atoms with E-state index in [0.29, 0.717) is 33.8 Å². The first-order chi connectivity index (χ1) is 15.9. The van der Waals surface area contributed by atoms with E-state index in [1.807, 2.05) is 13.0 Å². The number of nitrogens with one attached hydrogen (secondary N) is 1. The zero-order chi connectivity index (χ0) is 23.5. The number of aromatic nitrogens is 2. The van der Waals surface area contributed by atoms with Crippen LogP contribution in [0.3, 0.4) is 0 Å². The summed E-state index contributed by atoms with van der Waals surface area (Å²) in [6.07, 6.45) is 0. The van der Waals surface area contributed by atoms with E-state index in [2.05, 4.69) is 5.32 Å². The SMILES string of the molecule is COc1ccc(NC(=O)Cn2c(=O)n(-c3cccc(C)c3)c(=O)c3ccccc32)cc1OC. The molecule has 0 aliphatic rings. The zero-order valence-electron chi connectivity index (χ0n) is 18.5. The highest BCUT2D eigenvalue weighted by Gasteiger charge is 2.17. The first-order valence-electron chi connectivity index (χ1n) is 10.3. The van der Waals surface area contributed by atoms with Gasteiger partial charge in [0.05, 0.1) is 30.8 Å². The number of anilines is 1. The molecule has 0 radical (unpaired) electrons. The van der Waals surface area contributed by atoms with E-state index in [1.165, 1.54) is 18.8 Å². The molecule has 0 aliphatic heterocycles. The number of hydrogen-bond donors (Lipinski definition) is 1. The summed E-state index contributed by atoms with van der Waals surface area (Å²) in [5.74, 6) is 0.567. The standard InChI is InChI=1S/C25H23N3O5/c1-16-7-6-8-18(13-16)28-24(30)19-9-4-5-10-20(19)27(25(28)31)15-23(29)26-17-11-12-21(32-2)22(14-17)33-3/h4-14H,15H2,1-3H3,(H,26,29). The first kappa shape index (κ1) is 21.9. The lowest BCUT2D eigenvalue weighted by Crippen LogP contribution is -2.40. The van der Waals surface area contributed by atoms with E-state index in [0.717, 1.165) is 10.1 Å². The van der Waals surface area contributed by atoms with Crippen molar-refractivity contribution < 1.29 is 14.3 Å². The van der Waals surface area contributed by atoms with Gasteiger partial charge in [-0.1, -0.05) is 24.3 Å². The van der Waals surface area contributed by atoms with Gasteiger partial charge in [-0.2, -0.15) is 0 Å². The number of hydrogen-bond acceptors (Lipinski definition) is 5. The fourth-order valence-electron chi connectivity index (χ4n) is 3.73. The van der Waals surface area contributed by atoms with Crippen molar-refractivity contribution in [3.63, 3.8) is 0 Å². The Bertz CT molecular complexity index is 1470. The molecule has 0 saturated carbocycles. The smallest absolute Gasteiger partial charge is 0.336 e. The van der Waals surface area contributed by atoms with Crippen molar-refractivity contribution in [1.29, 1.82) is 0 Å². The lowest BCUT2D eigenvalue weighted by Gasteiger charge is -2.15. The van der Waals surface area contributed by atoms with Crippen LogP contribution in [0, 0.1) is 6.92 Å². The third-order valence-corrected chi connectivity index (χ3v) is 5.28. The number of carbonyl (C=O) groups is 1. The van der Waals surface area contributed by atoms with Crippen LogP contribution in [0.15, 0.2) is 76.3 Å². The number of para-hydroxylation sites is 1. The van der Waals surface area contributed by atoms with Crippen LogP contribution in [-0.2, 0) is 11.3 Å². The van der Waals surface area contributed by atoms with Crippen molar-refractivity contribution in [1.82, 2.24) is 9.13 Å². The second-order valence-corrected chi connectivity index (χ2v) is 7.48. The Hall–Kier alpha value is -4.33. The molecule has 1 aromatic heterocycles. The van der Waals surface area contributed by atoms with Gasteiger partial charge in [-0.3, -0.25) is 14.2 Å². The average molecular weight is 445 g/mol. The van der Waals surface area contributed by atoms with Crippen LogP contribution in [0.1, 0.15) is 5.56 Å². The molecular weight excluding hydrogens is 422 g/mol. The van der Waals surface area contributed by atoms with Gasteiger partial charge >= 0.3 is 5.69 Å². The minimum atomic E-state index is -0.591. The molecule has 1 amide bonds. The van der Waals surface area contributed by atoms with E-state index >= 15 is 0 Å². The molecule has 0 unspecified atom stereocenters. The van der Waals surface area contributed by atoms with E-state index in [4.69, 9.17) is 9.47 Å². The molecule has 0 fully saturated rings. The maximum Gasteiger partial charge on any atom is 0.336 e. The Kier molecular flexibility index (Phi) is 5.99. The van der Waals surface area contributed by atoms with Crippen molar-refractivity contribution in [3.8, 4) is 17.2 Å². The zero-order valence-corrected chi connectivity index (χ0v) is 18.5. The minimum absolute atomic E-state index is 0.278. The Labute approximate surface area is 189 Å². The lowest BCUT2D eigenvalue weighted by atomic mass is 10.2. The number of amides is 1. The van der Waals surface area contributed by atoms with E-state index in [1.54, 1.807) is 60.7 Å². The molecule has 0 bridgehead atoms. The Morgan fingerprint density at radius 3 is 2.39 bits per heavy atom. The monoisotopic (exact) mass is 445 g/mol. The van der Waals surface area contributed by atoms with Crippen LogP contribution in [0.5, 0.6) is 11.5 Å². The molecule has 3 aromatic carbocycles. The summed E-state index contributed by atoms with van der Waals surface area (Å²) in [7, 11) is 3.03. The van der Waals surface area contributed by atoms with Gasteiger partial charge in [-0.05, 0) is 48.9 Å². The first-order valence-corrected chi connectivity index (χ1v) is 10.3. The van der Waals surface area contributed by atoms with Crippen molar-refractivity contribution in [2.45, 2.75) is 13.5 Å². The maximum atomic E-state index is 13.4. The van der Waals surface area contributed by atoms with Gasteiger partial charge in [0.15, 0.2) is 11.5 Å². The normalized spacial score (nSPS) is 10.8. The van der Waals surface area contributed by atoms with Crippen LogP contribution < -0.4 is 26.0 Å². The summed E-state index contributed by atoms with van der Waals surface area (Å²) >= 11 is 0. The third kappa shape index (κ3) is 4.23. The molecule has 1 heterocycles. The number of nitrogens with zero attached hydrogens (tertiary/aromatic N) is 2. The summed E-state index contributed by atoms with van der Waals surface area (Å²) in [5.41, 5.74) is 1.21. The molecule has 168 valence electrons. The van der Waals surface area contributed by atoms with Crippen LogP contribution in [0.4, 0.5) is 5.69 Å². The molecule has 0 aliphatic carbocycles. The predicted octanol–water partition coefficient (Wildman–Crippen LogP) is 3.12. The van der Waals surface area contributed by atoms with E-state index in [-0.39, 0.29) is 6.54 Å². The summed E-state index contributed by atoms with van der Waals surface area (Å²) in [6.45, 7) is 1.60. The van der Waals surface area contributed by atoms with Gasteiger partial charge in [0.2, 0.25) is 5.91 Å². The van der Waals surface area contributed by atoms with Crippen LogP contribution in [0.25, 0.3) is 16.6 Å². The summed E-state index contributed by atoms with van der Waals surface area (Å²) < 4.78 is 12.9. The molecular formula is C25H23N3O5.